The van der Waals surface area contributed by atoms with Crippen LogP contribution in [0.5, 0.6) is 0 Å². The number of ether oxygens (including phenoxy) is 1. The lowest BCUT2D eigenvalue weighted by atomic mass is 9.92. The van der Waals surface area contributed by atoms with Crippen molar-refractivity contribution in [2.24, 2.45) is 0 Å². The van der Waals surface area contributed by atoms with Crippen LogP contribution in [0.15, 0.2) is 102 Å². The van der Waals surface area contributed by atoms with Gasteiger partial charge in [0, 0.05) is 12.8 Å². The predicted molar refractivity (Wildman–Crippen MR) is 126 cm³/mol. The fraction of sp³-hybridized carbons (Fsp3) is 0.179. The standard InChI is InChI=1S/C28H24N2O4/c1-20(23-15-9-4-10-16-23)30-26(31)28(34-27(30)32,18-22-13-7-3-8-14-22)25-29-19-24(33-25)17-21-11-5-2-6-12-21/h2-16,19-20H,17-18H2,1H3. The molecule has 1 aromatic heterocycles. The Kier molecular flexibility index (Phi) is 5.72. The zero-order valence-electron chi connectivity index (χ0n) is 18.8. The quantitative estimate of drug-likeness (QED) is 0.373. The van der Waals surface area contributed by atoms with Gasteiger partial charge in [-0.3, -0.25) is 4.79 Å². The lowest BCUT2D eigenvalue weighted by Gasteiger charge is -2.24. The normalized spacial score (nSPS) is 18.7. The minimum absolute atomic E-state index is 0.0865. The SMILES string of the molecule is CC(c1ccccc1)N1C(=O)OC(Cc2ccccc2)(c2ncc(Cc3ccccc3)o2)C1=O. The molecule has 1 aliphatic rings. The van der Waals surface area contributed by atoms with Gasteiger partial charge < -0.3 is 9.15 Å². The molecule has 1 fully saturated rings. The highest BCUT2D eigenvalue weighted by Gasteiger charge is 2.59. The Bertz CT molecular complexity index is 1290. The fourth-order valence-corrected chi connectivity index (χ4v) is 4.31. The second kappa shape index (κ2) is 8.98. The summed E-state index contributed by atoms with van der Waals surface area (Å²) in [4.78, 5) is 32.6. The van der Waals surface area contributed by atoms with Crippen molar-refractivity contribution in [3.63, 3.8) is 0 Å². The third-order valence-electron chi connectivity index (χ3n) is 6.11. The van der Waals surface area contributed by atoms with Gasteiger partial charge in [-0.05, 0) is 23.6 Å². The molecule has 0 spiro atoms. The maximum atomic E-state index is 13.9. The number of amides is 2. The van der Waals surface area contributed by atoms with Gasteiger partial charge in [0.1, 0.15) is 5.76 Å². The van der Waals surface area contributed by atoms with E-state index in [1.807, 2.05) is 97.9 Å². The van der Waals surface area contributed by atoms with Crippen LogP contribution in [-0.4, -0.2) is 21.9 Å². The molecule has 0 saturated carbocycles. The smallest absolute Gasteiger partial charge is 0.418 e. The minimum atomic E-state index is -1.67. The van der Waals surface area contributed by atoms with Crippen molar-refractivity contribution in [3.05, 3.63) is 126 Å². The van der Waals surface area contributed by atoms with Crippen LogP contribution in [0.2, 0.25) is 0 Å². The molecule has 2 heterocycles. The van der Waals surface area contributed by atoms with Gasteiger partial charge >= 0.3 is 6.09 Å². The number of oxazole rings is 1. The van der Waals surface area contributed by atoms with Crippen molar-refractivity contribution in [1.82, 2.24) is 9.88 Å². The molecule has 0 N–H and O–H groups in total. The van der Waals surface area contributed by atoms with Crippen LogP contribution >= 0.6 is 0 Å². The van der Waals surface area contributed by atoms with E-state index in [0.717, 1.165) is 16.7 Å². The molecule has 3 aromatic carbocycles. The average molecular weight is 453 g/mol. The van der Waals surface area contributed by atoms with Gasteiger partial charge in [-0.2, -0.15) is 0 Å². The van der Waals surface area contributed by atoms with Crippen LogP contribution in [0.1, 0.15) is 41.3 Å². The van der Waals surface area contributed by atoms with Crippen LogP contribution in [0.25, 0.3) is 0 Å². The summed E-state index contributed by atoms with van der Waals surface area (Å²) >= 11 is 0. The van der Waals surface area contributed by atoms with Gasteiger partial charge in [-0.15, -0.1) is 0 Å². The molecule has 0 aliphatic carbocycles. The molecule has 2 amide bonds. The first-order valence-corrected chi connectivity index (χ1v) is 11.2. The van der Waals surface area contributed by atoms with Crippen molar-refractivity contribution < 1.29 is 18.7 Å². The van der Waals surface area contributed by atoms with Crippen LogP contribution < -0.4 is 0 Å². The van der Waals surface area contributed by atoms with E-state index >= 15 is 0 Å². The molecular weight excluding hydrogens is 428 g/mol. The zero-order valence-corrected chi connectivity index (χ0v) is 18.8. The summed E-state index contributed by atoms with van der Waals surface area (Å²) in [5.74, 6) is 0.196. The predicted octanol–water partition coefficient (Wildman–Crippen LogP) is 5.44. The molecule has 1 aliphatic heterocycles. The summed E-state index contributed by atoms with van der Waals surface area (Å²) in [6, 6.07) is 28.2. The fourth-order valence-electron chi connectivity index (χ4n) is 4.31. The first-order valence-electron chi connectivity index (χ1n) is 11.2. The number of carbonyl (C=O) groups is 2. The van der Waals surface area contributed by atoms with E-state index in [-0.39, 0.29) is 12.3 Å². The summed E-state index contributed by atoms with van der Waals surface area (Å²) in [7, 11) is 0. The Morgan fingerprint density at radius 2 is 1.44 bits per heavy atom. The maximum Gasteiger partial charge on any atom is 0.418 e. The van der Waals surface area contributed by atoms with Crippen molar-refractivity contribution in [3.8, 4) is 0 Å². The number of hydrogen-bond acceptors (Lipinski definition) is 5. The van der Waals surface area contributed by atoms with Crippen LogP contribution in [0.3, 0.4) is 0 Å². The van der Waals surface area contributed by atoms with Crippen LogP contribution in [-0.2, 0) is 28.0 Å². The third-order valence-corrected chi connectivity index (χ3v) is 6.11. The van der Waals surface area contributed by atoms with Gasteiger partial charge in [0.2, 0.25) is 5.89 Å². The van der Waals surface area contributed by atoms with Gasteiger partial charge in [0.15, 0.2) is 0 Å². The van der Waals surface area contributed by atoms with Gasteiger partial charge in [0.05, 0.1) is 12.2 Å². The number of nitrogens with zero attached hydrogens (tertiary/aromatic N) is 2. The highest BCUT2D eigenvalue weighted by Crippen LogP contribution is 2.41. The molecule has 0 radical (unpaired) electrons. The molecule has 6 heteroatoms. The van der Waals surface area contributed by atoms with E-state index in [0.29, 0.717) is 12.2 Å². The molecule has 5 rings (SSSR count). The number of benzene rings is 3. The monoisotopic (exact) mass is 452 g/mol. The third kappa shape index (κ3) is 3.99. The first-order chi connectivity index (χ1) is 16.6. The van der Waals surface area contributed by atoms with Crippen molar-refractivity contribution in [2.75, 3.05) is 0 Å². The zero-order chi connectivity index (χ0) is 23.5. The van der Waals surface area contributed by atoms with Crippen LogP contribution in [0.4, 0.5) is 4.79 Å². The number of aromatic nitrogens is 1. The highest BCUT2D eigenvalue weighted by molar-refractivity contribution is 6.03. The van der Waals surface area contributed by atoms with Crippen molar-refractivity contribution in [1.29, 1.82) is 0 Å². The number of cyclic esters (lactones) is 1. The highest BCUT2D eigenvalue weighted by atomic mass is 16.6. The summed E-state index contributed by atoms with van der Waals surface area (Å²) in [5.41, 5.74) is 1.05. The van der Waals surface area contributed by atoms with E-state index in [1.54, 1.807) is 6.20 Å². The van der Waals surface area contributed by atoms with Gasteiger partial charge in [-0.1, -0.05) is 91.0 Å². The van der Waals surface area contributed by atoms with Gasteiger partial charge in [0.25, 0.3) is 11.5 Å². The average Bonchev–Trinajstić information content (AvgIpc) is 3.43. The van der Waals surface area contributed by atoms with E-state index in [2.05, 4.69) is 4.98 Å². The number of imide groups is 1. The van der Waals surface area contributed by atoms with Crippen molar-refractivity contribution >= 4 is 12.0 Å². The topological polar surface area (TPSA) is 72.6 Å². The molecule has 0 bridgehead atoms. The summed E-state index contributed by atoms with van der Waals surface area (Å²) in [6.45, 7) is 1.81. The first kappa shape index (κ1) is 21.6. The van der Waals surface area contributed by atoms with E-state index in [9.17, 15) is 9.59 Å². The van der Waals surface area contributed by atoms with Crippen molar-refractivity contribution in [2.45, 2.75) is 31.4 Å². The van der Waals surface area contributed by atoms with E-state index in [1.165, 1.54) is 4.90 Å². The lowest BCUT2D eigenvalue weighted by molar-refractivity contribution is -0.140. The Morgan fingerprint density at radius 3 is 2.09 bits per heavy atom. The second-order valence-corrected chi connectivity index (χ2v) is 8.41. The molecule has 1 saturated heterocycles. The molecule has 2 atom stereocenters. The molecule has 6 nitrogen and oxygen atoms in total. The Hall–Kier alpha value is -4.19. The summed E-state index contributed by atoms with van der Waals surface area (Å²) < 4.78 is 11.9. The number of hydrogen-bond donors (Lipinski definition) is 0. The lowest BCUT2D eigenvalue weighted by Crippen LogP contribution is -2.41. The Balaban J connectivity index is 1.52. The summed E-state index contributed by atoms with van der Waals surface area (Å²) in [6.07, 6.45) is 1.53. The molecule has 170 valence electrons. The Morgan fingerprint density at radius 1 is 0.853 bits per heavy atom. The second-order valence-electron chi connectivity index (χ2n) is 8.41. The molecular formula is C28H24N2O4. The molecule has 2 unspecified atom stereocenters. The number of rotatable bonds is 7. The number of carbonyl (C=O) groups excluding carboxylic acids is 2. The summed E-state index contributed by atoms with van der Waals surface area (Å²) in [5, 5.41) is 0. The molecule has 4 aromatic rings. The largest absolute Gasteiger partial charge is 0.441 e. The van der Waals surface area contributed by atoms with Crippen LogP contribution in [0, 0.1) is 0 Å². The molecule has 34 heavy (non-hydrogen) atoms. The Labute approximate surface area is 197 Å². The maximum absolute atomic E-state index is 13.9. The minimum Gasteiger partial charge on any atom is -0.441 e. The van der Waals surface area contributed by atoms with E-state index in [4.69, 9.17) is 9.15 Å². The van der Waals surface area contributed by atoms with Gasteiger partial charge in [-0.25, -0.2) is 14.7 Å². The van der Waals surface area contributed by atoms with E-state index < -0.39 is 23.6 Å².